The molecule has 0 radical (unpaired) electrons. The van der Waals surface area contributed by atoms with Crippen molar-refractivity contribution >= 4 is 11.9 Å². The molecule has 13 heteroatoms. The Kier molecular flexibility index (Phi) is 17.0. The van der Waals surface area contributed by atoms with Crippen LogP contribution in [0.5, 0.6) is 0 Å². The van der Waals surface area contributed by atoms with Crippen molar-refractivity contribution in [3.63, 3.8) is 0 Å². The van der Waals surface area contributed by atoms with Crippen molar-refractivity contribution in [2.45, 2.75) is 129 Å². The molecule has 4 aromatic rings. The summed E-state index contributed by atoms with van der Waals surface area (Å²) in [6.07, 6.45) is -11.5. The molecule has 2 N–H and O–H groups in total. The van der Waals surface area contributed by atoms with Crippen molar-refractivity contribution in [3.8, 4) is 0 Å². The Morgan fingerprint density at radius 2 is 0.825 bits per heavy atom. The van der Waals surface area contributed by atoms with Gasteiger partial charge in [-0.1, -0.05) is 121 Å². The van der Waals surface area contributed by atoms with Gasteiger partial charge in [0.25, 0.3) is 0 Å². The van der Waals surface area contributed by atoms with E-state index in [0.29, 0.717) is 0 Å². The molecule has 6 rings (SSSR count). The van der Waals surface area contributed by atoms with Crippen LogP contribution in [0.1, 0.15) is 63.8 Å². The Balaban J connectivity index is 1.33. The first-order valence-electron chi connectivity index (χ1n) is 21.5. The maximum Gasteiger partial charge on any atom is 0.311 e. The zero-order valence-corrected chi connectivity index (χ0v) is 36.9. The molecule has 63 heavy (non-hydrogen) atoms. The van der Waals surface area contributed by atoms with Crippen molar-refractivity contribution in [3.05, 3.63) is 144 Å². The fraction of sp³-hybridized carbons (Fsp3) is 0.480. The zero-order valence-electron chi connectivity index (χ0n) is 36.9. The molecule has 2 fully saturated rings. The van der Waals surface area contributed by atoms with E-state index in [2.05, 4.69) is 0 Å². The van der Waals surface area contributed by atoms with Gasteiger partial charge in [0.05, 0.1) is 50.5 Å². The van der Waals surface area contributed by atoms with Gasteiger partial charge in [-0.2, -0.15) is 0 Å². The van der Waals surface area contributed by atoms with E-state index in [1.54, 1.807) is 41.5 Å². The highest BCUT2D eigenvalue weighted by atomic mass is 16.7. The van der Waals surface area contributed by atoms with Crippen molar-refractivity contribution in [1.82, 2.24) is 0 Å². The number of benzene rings is 4. The predicted molar refractivity (Wildman–Crippen MR) is 231 cm³/mol. The van der Waals surface area contributed by atoms with Gasteiger partial charge in [-0.05, 0) is 63.8 Å². The van der Waals surface area contributed by atoms with Gasteiger partial charge in [0.2, 0.25) is 0 Å². The second-order valence-corrected chi connectivity index (χ2v) is 17.9. The smallest absolute Gasteiger partial charge is 0.311 e. The van der Waals surface area contributed by atoms with E-state index in [1.165, 1.54) is 0 Å². The minimum absolute atomic E-state index is 0.0973. The van der Waals surface area contributed by atoms with Crippen molar-refractivity contribution in [2.24, 2.45) is 10.8 Å². The Hall–Kier alpha value is -4.54. The Labute approximate surface area is 370 Å². The van der Waals surface area contributed by atoms with Crippen LogP contribution in [0.25, 0.3) is 0 Å². The molecule has 4 aromatic carbocycles. The van der Waals surface area contributed by atoms with Crippen molar-refractivity contribution in [1.29, 1.82) is 0 Å². The Morgan fingerprint density at radius 1 is 0.476 bits per heavy atom. The molecule has 0 aromatic heterocycles. The summed E-state index contributed by atoms with van der Waals surface area (Å²) in [5.41, 5.74) is 1.59. The summed E-state index contributed by atoms with van der Waals surface area (Å²) in [4.78, 5) is 27.1. The average Bonchev–Trinajstić information content (AvgIpc) is 3.27. The molecule has 0 saturated carbocycles. The third-order valence-electron chi connectivity index (χ3n) is 10.7. The van der Waals surface area contributed by atoms with E-state index in [9.17, 15) is 19.8 Å². The van der Waals surface area contributed by atoms with Gasteiger partial charge in [-0.15, -0.1) is 0 Å². The van der Waals surface area contributed by atoms with Gasteiger partial charge in [-0.25, -0.2) is 0 Å². The van der Waals surface area contributed by atoms with Crippen molar-refractivity contribution in [2.75, 3.05) is 13.2 Å². The monoisotopic (exact) mass is 870 g/mol. The van der Waals surface area contributed by atoms with Crippen LogP contribution in [0.15, 0.2) is 121 Å². The van der Waals surface area contributed by atoms with Crippen LogP contribution in [0.2, 0.25) is 0 Å². The molecule has 0 unspecified atom stereocenters. The van der Waals surface area contributed by atoms with Crippen LogP contribution in [-0.4, -0.2) is 96.8 Å². The van der Waals surface area contributed by atoms with Crippen LogP contribution in [0, 0.1) is 10.8 Å². The number of carbonyl (C=O) groups excluding carboxylic acids is 2. The lowest BCUT2D eigenvalue weighted by molar-refractivity contribution is -0.342. The van der Waals surface area contributed by atoms with E-state index in [1.807, 2.05) is 121 Å². The van der Waals surface area contributed by atoms with E-state index in [4.69, 9.17) is 42.6 Å². The second-order valence-electron chi connectivity index (χ2n) is 17.9. The average molecular weight is 871 g/mol. The molecule has 0 bridgehead atoms. The molecule has 2 saturated heterocycles. The normalized spacial score (nSPS) is 26.5. The minimum atomic E-state index is -1.66. The summed E-state index contributed by atoms with van der Waals surface area (Å²) in [7, 11) is 0. The highest BCUT2D eigenvalue weighted by Gasteiger charge is 2.53. The quantitative estimate of drug-likeness (QED) is 0.102. The highest BCUT2D eigenvalue weighted by molar-refractivity contribution is 5.76. The highest BCUT2D eigenvalue weighted by Crippen LogP contribution is 2.35. The molecule has 0 spiro atoms. The number of ether oxygens (including phenoxy) is 9. The molecular formula is C50H62O13. The lowest BCUT2D eigenvalue weighted by atomic mass is 9.94. The second kappa shape index (κ2) is 22.4. The third kappa shape index (κ3) is 13.5. The maximum atomic E-state index is 13.8. The lowest BCUT2D eigenvalue weighted by Crippen LogP contribution is -2.64. The number of carbonyl (C=O) groups is 2. The number of aliphatic hydroxyl groups excluding tert-OH is 2. The van der Waals surface area contributed by atoms with Crippen LogP contribution >= 0.6 is 0 Å². The van der Waals surface area contributed by atoms with Crippen LogP contribution in [-0.2, 0) is 78.6 Å². The molecule has 2 aliphatic rings. The SMILES string of the molecule is CC(C)(C)C(=O)O[C@@H]1[C@@H](OCc2ccccc2)[C@H](OCc2ccccc2)[C@@H](CO[C@@H]2O[C@H](CO)[C@@H](OCc3ccccc3)[C@H](OCc3ccccc3)[C@H]2OC(=O)C(C)(C)C)O[C@H]1O. The molecule has 2 aliphatic heterocycles. The van der Waals surface area contributed by atoms with E-state index in [0.717, 1.165) is 22.3 Å². The number of hydrogen-bond donors (Lipinski definition) is 2. The molecule has 0 amide bonds. The van der Waals surface area contributed by atoms with Crippen LogP contribution < -0.4 is 0 Å². The molecule has 2 heterocycles. The number of aliphatic hydroxyl groups is 2. The molecular weight excluding hydrogens is 809 g/mol. The Morgan fingerprint density at radius 3 is 1.21 bits per heavy atom. The number of hydrogen-bond acceptors (Lipinski definition) is 13. The summed E-state index contributed by atoms with van der Waals surface area (Å²) >= 11 is 0. The van der Waals surface area contributed by atoms with Crippen LogP contribution in [0.4, 0.5) is 0 Å². The maximum absolute atomic E-state index is 13.8. The van der Waals surface area contributed by atoms with E-state index in [-0.39, 0.29) is 33.0 Å². The van der Waals surface area contributed by atoms with Gasteiger partial charge >= 0.3 is 11.9 Å². The summed E-state index contributed by atoms with van der Waals surface area (Å²) in [5.74, 6) is -1.12. The summed E-state index contributed by atoms with van der Waals surface area (Å²) in [6.45, 7) is 10.1. The number of rotatable bonds is 18. The molecule has 0 aliphatic carbocycles. The summed E-state index contributed by atoms with van der Waals surface area (Å²) in [5, 5.41) is 22.5. The first-order valence-corrected chi connectivity index (χ1v) is 21.5. The standard InChI is InChI=1S/C50H62O13/c1-49(2,3)47(53)62-43-41(57-30-35-23-15-9-16-24-35)40(56-29-34-21-13-8-14-22-34)38(60-45(43)52)32-59-46-44(63-48(54)50(4,5)6)42(58-31-36-25-17-10-18-26-36)39(37(27-51)61-46)55-28-33-19-11-7-12-20-33/h7-26,37-46,51-52H,27-32H2,1-6H3/t37-,38-,39-,40-,41+,42+,43-,44-,45-,46-/m1/s1. The molecule has 13 nitrogen and oxygen atoms in total. The topological polar surface area (TPSA) is 158 Å². The zero-order chi connectivity index (χ0) is 45.0. The van der Waals surface area contributed by atoms with Gasteiger partial charge < -0.3 is 52.8 Å². The summed E-state index contributed by atoms with van der Waals surface area (Å²) in [6, 6.07) is 38.0. The molecule has 10 atom stereocenters. The molecule has 340 valence electrons. The van der Waals surface area contributed by atoms with Gasteiger partial charge in [-0.3, -0.25) is 9.59 Å². The van der Waals surface area contributed by atoms with E-state index >= 15 is 0 Å². The van der Waals surface area contributed by atoms with Gasteiger partial charge in [0.15, 0.2) is 24.8 Å². The largest absolute Gasteiger partial charge is 0.454 e. The fourth-order valence-electron chi connectivity index (χ4n) is 7.08. The van der Waals surface area contributed by atoms with Crippen LogP contribution in [0.3, 0.4) is 0 Å². The lowest BCUT2D eigenvalue weighted by Gasteiger charge is -2.47. The van der Waals surface area contributed by atoms with Gasteiger partial charge in [0, 0.05) is 0 Å². The summed E-state index contributed by atoms with van der Waals surface area (Å²) < 4.78 is 57.7. The fourth-order valence-corrected chi connectivity index (χ4v) is 7.08. The minimum Gasteiger partial charge on any atom is -0.454 e. The van der Waals surface area contributed by atoms with Crippen molar-refractivity contribution < 1.29 is 62.4 Å². The number of esters is 2. The first kappa shape index (κ1) is 47.9. The van der Waals surface area contributed by atoms with Gasteiger partial charge in [0.1, 0.15) is 36.6 Å². The Bertz CT molecular complexity index is 1970. The predicted octanol–water partition coefficient (Wildman–Crippen LogP) is 6.69. The first-order chi connectivity index (χ1) is 30.2. The third-order valence-corrected chi connectivity index (χ3v) is 10.7. The van der Waals surface area contributed by atoms with E-state index < -0.39 is 90.8 Å².